The second-order valence-corrected chi connectivity index (χ2v) is 4.84. The van der Waals surface area contributed by atoms with E-state index in [1.807, 2.05) is 24.3 Å². The zero-order valence-electron chi connectivity index (χ0n) is 11.3. The van der Waals surface area contributed by atoms with Crippen LogP contribution in [-0.2, 0) is 14.4 Å². The number of rotatable bonds is 4. The molecule has 0 atom stereocenters. The molecule has 7 heteroatoms. The van der Waals surface area contributed by atoms with Crippen LogP contribution in [0.15, 0.2) is 24.3 Å². The van der Waals surface area contributed by atoms with Crippen molar-refractivity contribution in [3.8, 4) is 0 Å². The van der Waals surface area contributed by atoms with E-state index in [-0.39, 0.29) is 43.5 Å². The van der Waals surface area contributed by atoms with Crippen LogP contribution in [0.25, 0.3) is 11.0 Å². The number of imidazole rings is 1. The van der Waals surface area contributed by atoms with E-state index in [0.717, 1.165) is 15.9 Å². The van der Waals surface area contributed by atoms with E-state index in [1.54, 1.807) is 0 Å². The van der Waals surface area contributed by atoms with E-state index >= 15 is 0 Å². The van der Waals surface area contributed by atoms with Crippen LogP contribution in [0.1, 0.15) is 19.3 Å². The maximum Gasteiger partial charge on any atom is 0.229 e. The van der Waals surface area contributed by atoms with Gasteiger partial charge in [0.05, 0.1) is 11.0 Å². The van der Waals surface area contributed by atoms with Gasteiger partial charge in [0.1, 0.15) is 0 Å². The molecular formula is C14H14N4O3. The van der Waals surface area contributed by atoms with Crippen molar-refractivity contribution in [1.82, 2.24) is 14.9 Å². The van der Waals surface area contributed by atoms with E-state index in [0.29, 0.717) is 5.95 Å². The Hall–Kier alpha value is -2.70. The first kappa shape index (κ1) is 13.3. The molecule has 0 unspecified atom stereocenters. The molecule has 2 aromatic rings. The van der Waals surface area contributed by atoms with Crippen molar-refractivity contribution in [1.29, 1.82) is 0 Å². The number of carbonyl (C=O) groups is 3. The number of hydrogen-bond donors (Lipinski definition) is 2. The highest BCUT2D eigenvalue weighted by Gasteiger charge is 2.28. The zero-order valence-corrected chi connectivity index (χ0v) is 11.3. The highest BCUT2D eigenvalue weighted by molar-refractivity contribution is 6.02. The Morgan fingerprint density at radius 3 is 2.67 bits per heavy atom. The Labute approximate surface area is 120 Å². The van der Waals surface area contributed by atoms with Crippen LogP contribution >= 0.6 is 0 Å². The lowest BCUT2D eigenvalue weighted by Crippen LogP contribution is -2.32. The highest BCUT2D eigenvalue weighted by atomic mass is 16.2. The molecule has 21 heavy (non-hydrogen) atoms. The van der Waals surface area contributed by atoms with Gasteiger partial charge < -0.3 is 4.98 Å². The number of nitrogens with zero attached hydrogens (tertiary/aromatic N) is 2. The molecule has 2 N–H and O–H groups in total. The molecule has 1 aromatic heterocycles. The summed E-state index contributed by atoms with van der Waals surface area (Å²) in [6.07, 6.45) is 0.544. The summed E-state index contributed by atoms with van der Waals surface area (Å²) < 4.78 is 0. The molecule has 2 heterocycles. The Kier molecular flexibility index (Phi) is 3.39. The summed E-state index contributed by atoms with van der Waals surface area (Å²) in [6.45, 7) is 0.115. The lowest BCUT2D eigenvalue weighted by molar-refractivity contribution is -0.138. The van der Waals surface area contributed by atoms with Crippen LogP contribution in [0.4, 0.5) is 5.95 Å². The second-order valence-electron chi connectivity index (χ2n) is 4.84. The summed E-state index contributed by atoms with van der Waals surface area (Å²) in [6, 6.07) is 7.43. The van der Waals surface area contributed by atoms with Crippen molar-refractivity contribution >= 4 is 34.7 Å². The summed E-state index contributed by atoms with van der Waals surface area (Å²) in [5.41, 5.74) is 1.59. The fraction of sp³-hybridized carbons (Fsp3) is 0.286. The van der Waals surface area contributed by atoms with Gasteiger partial charge >= 0.3 is 0 Å². The summed E-state index contributed by atoms with van der Waals surface area (Å²) in [7, 11) is 0. The third kappa shape index (κ3) is 2.76. The summed E-state index contributed by atoms with van der Waals surface area (Å²) in [4.78, 5) is 43.0. The molecule has 0 saturated carbocycles. The highest BCUT2D eigenvalue weighted by Crippen LogP contribution is 2.14. The summed E-state index contributed by atoms with van der Waals surface area (Å²) in [5.74, 6) is -0.352. The molecule has 1 aliphatic heterocycles. The minimum absolute atomic E-state index is 0.0640. The number of para-hydroxylation sites is 2. The maximum atomic E-state index is 11.8. The lowest BCUT2D eigenvalue weighted by Gasteiger charge is -2.12. The number of nitrogens with one attached hydrogen (secondary N) is 2. The minimum atomic E-state index is -0.290. The van der Waals surface area contributed by atoms with Gasteiger partial charge in [-0.25, -0.2) is 4.98 Å². The largest absolute Gasteiger partial charge is 0.324 e. The van der Waals surface area contributed by atoms with Gasteiger partial charge in [-0.05, 0) is 12.1 Å². The first-order valence-electron chi connectivity index (χ1n) is 6.71. The monoisotopic (exact) mass is 286 g/mol. The smallest absolute Gasteiger partial charge is 0.229 e. The molecule has 0 radical (unpaired) electrons. The molecule has 3 amide bonds. The quantitative estimate of drug-likeness (QED) is 0.821. The van der Waals surface area contributed by atoms with E-state index in [1.165, 1.54) is 0 Å². The van der Waals surface area contributed by atoms with Crippen molar-refractivity contribution in [3.05, 3.63) is 24.3 Å². The lowest BCUT2D eigenvalue weighted by atomic mass is 10.3. The van der Waals surface area contributed by atoms with E-state index in [2.05, 4.69) is 15.3 Å². The zero-order chi connectivity index (χ0) is 14.8. The average molecular weight is 286 g/mol. The number of fused-ring (bicyclic) bond motifs is 1. The molecule has 108 valence electrons. The van der Waals surface area contributed by atoms with Crippen LogP contribution in [0.2, 0.25) is 0 Å². The molecule has 7 nitrogen and oxygen atoms in total. The number of likely N-dealkylation sites (tertiary alicyclic amines) is 1. The van der Waals surface area contributed by atoms with Crippen molar-refractivity contribution in [2.24, 2.45) is 0 Å². The molecular weight excluding hydrogens is 272 g/mol. The summed E-state index contributed by atoms with van der Waals surface area (Å²) >= 11 is 0. The van der Waals surface area contributed by atoms with E-state index < -0.39 is 0 Å². The van der Waals surface area contributed by atoms with Crippen molar-refractivity contribution in [2.75, 3.05) is 11.9 Å². The van der Waals surface area contributed by atoms with E-state index in [9.17, 15) is 14.4 Å². The fourth-order valence-electron chi connectivity index (χ4n) is 2.29. The number of carbonyl (C=O) groups excluding carboxylic acids is 3. The Morgan fingerprint density at radius 1 is 1.24 bits per heavy atom. The molecule has 0 bridgehead atoms. The first-order chi connectivity index (χ1) is 10.1. The van der Waals surface area contributed by atoms with Crippen LogP contribution in [0, 0.1) is 0 Å². The van der Waals surface area contributed by atoms with Gasteiger partial charge in [0.25, 0.3) is 0 Å². The minimum Gasteiger partial charge on any atom is -0.324 e. The predicted molar refractivity (Wildman–Crippen MR) is 75.3 cm³/mol. The molecule has 1 saturated heterocycles. The summed E-state index contributed by atoms with van der Waals surface area (Å²) in [5, 5.41) is 2.63. The Bertz CT molecular complexity index is 673. The molecule has 1 aromatic carbocycles. The van der Waals surface area contributed by atoms with Crippen LogP contribution in [-0.4, -0.2) is 39.1 Å². The number of aromatic amines is 1. The van der Waals surface area contributed by atoms with Gasteiger partial charge in [0.2, 0.25) is 23.7 Å². The number of H-pyrrole nitrogens is 1. The number of anilines is 1. The SMILES string of the molecule is O=C(CCN1C(=O)CCC1=O)Nc1nc2ccccc2[nH]1. The van der Waals surface area contributed by atoms with Crippen LogP contribution in [0.3, 0.4) is 0 Å². The Balaban J connectivity index is 1.59. The van der Waals surface area contributed by atoms with Crippen molar-refractivity contribution < 1.29 is 14.4 Å². The fourth-order valence-corrected chi connectivity index (χ4v) is 2.29. The third-order valence-corrected chi connectivity index (χ3v) is 3.36. The second kappa shape index (κ2) is 5.35. The molecule has 0 spiro atoms. The predicted octanol–water partition coefficient (Wildman–Crippen LogP) is 1.04. The number of hydrogen-bond acceptors (Lipinski definition) is 4. The van der Waals surface area contributed by atoms with Gasteiger partial charge in [-0.15, -0.1) is 0 Å². The van der Waals surface area contributed by atoms with Crippen LogP contribution < -0.4 is 5.32 Å². The van der Waals surface area contributed by atoms with Gasteiger partial charge in [-0.1, -0.05) is 12.1 Å². The van der Waals surface area contributed by atoms with Gasteiger partial charge in [-0.3, -0.25) is 24.6 Å². The standard InChI is InChI=1S/C14H14N4O3/c19-11(7-8-18-12(20)5-6-13(18)21)17-14-15-9-3-1-2-4-10(9)16-14/h1-4H,5-8H2,(H2,15,16,17,19). The molecule has 1 aliphatic rings. The number of benzene rings is 1. The molecule has 3 rings (SSSR count). The van der Waals surface area contributed by atoms with Gasteiger partial charge in [-0.2, -0.15) is 0 Å². The number of aromatic nitrogens is 2. The van der Waals surface area contributed by atoms with E-state index in [4.69, 9.17) is 0 Å². The number of imide groups is 1. The number of amides is 3. The third-order valence-electron chi connectivity index (χ3n) is 3.36. The normalized spacial score (nSPS) is 15.0. The van der Waals surface area contributed by atoms with Gasteiger partial charge in [0.15, 0.2) is 0 Å². The topological polar surface area (TPSA) is 95.2 Å². The molecule has 1 fully saturated rings. The Morgan fingerprint density at radius 2 is 1.95 bits per heavy atom. The first-order valence-corrected chi connectivity index (χ1v) is 6.71. The van der Waals surface area contributed by atoms with Crippen LogP contribution in [0.5, 0.6) is 0 Å². The van der Waals surface area contributed by atoms with Crippen molar-refractivity contribution in [3.63, 3.8) is 0 Å². The molecule has 0 aliphatic carbocycles. The van der Waals surface area contributed by atoms with Gasteiger partial charge in [0, 0.05) is 25.8 Å². The van der Waals surface area contributed by atoms with Crippen molar-refractivity contribution in [2.45, 2.75) is 19.3 Å². The average Bonchev–Trinajstić information content (AvgIpc) is 3.00. The maximum absolute atomic E-state index is 11.8.